The van der Waals surface area contributed by atoms with E-state index in [1.54, 1.807) is 5.32 Å². The lowest BCUT2D eigenvalue weighted by atomic mass is 10.1. The minimum atomic E-state index is -1.86. The molecule has 38 heteroatoms. The van der Waals surface area contributed by atoms with Gasteiger partial charge in [0.2, 0.25) is 12.1 Å². The first-order valence-electron chi connectivity index (χ1n) is 27.5. The molecule has 3 rings (SSSR count). The summed E-state index contributed by atoms with van der Waals surface area (Å²) in [5.74, 6) is -16.2. The summed E-state index contributed by atoms with van der Waals surface area (Å²) in [6, 6.07) is 9.57. The molecule has 1 aliphatic heterocycles. The number of benzene rings is 2. The molecule has 38 nitrogen and oxygen atoms in total. The van der Waals surface area contributed by atoms with E-state index >= 15 is 0 Å². The number of esters is 11. The van der Waals surface area contributed by atoms with Crippen molar-refractivity contribution in [3.8, 4) is 0 Å². The number of fused-ring (bicyclic) bond motifs is 1. The van der Waals surface area contributed by atoms with E-state index in [1.807, 2.05) is 0 Å². The fraction of sp³-hybridized carbons (Fsp3) is 0.234. The number of hydrogen-bond donors (Lipinski definition) is 9. The van der Waals surface area contributed by atoms with Gasteiger partial charge in [-0.05, 0) is 44.2 Å². The molecule has 2 aromatic carbocycles. The number of aliphatic hydroxyl groups is 1. The highest BCUT2D eigenvalue weighted by Crippen LogP contribution is 2.21. The quantitative estimate of drug-likeness (QED) is 0.0124. The fourth-order valence-electron chi connectivity index (χ4n) is 4.67. The molecule has 0 fully saturated rings. The average molecular weight is 1450 g/mol. The molecule has 0 spiro atoms. The van der Waals surface area contributed by atoms with E-state index in [0.717, 1.165) is 42.5 Å². The van der Waals surface area contributed by atoms with Crippen LogP contribution >= 0.6 is 0 Å². The van der Waals surface area contributed by atoms with Crippen LogP contribution in [0.5, 0.6) is 0 Å². The maximum absolute atomic E-state index is 11.7. The van der Waals surface area contributed by atoms with Crippen LogP contribution in [0.3, 0.4) is 0 Å². The lowest BCUT2D eigenvalue weighted by Gasteiger charge is -2.07. The van der Waals surface area contributed by atoms with Gasteiger partial charge in [0.1, 0.15) is 59.5 Å². The number of carbonyl (C=O) groups excluding carboxylic acids is 12. The topological polar surface area (TPSA) is 591 Å². The zero-order chi connectivity index (χ0) is 79.5. The van der Waals surface area contributed by atoms with Crippen LogP contribution in [0, 0.1) is 0 Å². The number of aliphatic hydroxyl groups excluding tert-OH is 1. The number of carboxylic acid groups (broad SMARTS) is 7. The molecule has 1 heterocycles. The normalized spacial score (nSPS) is 9.91. The molecular weight excluding hydrogens is 1370 g/mol. The van der Waals surface area contributed by atoms with Gasteiger partial charge in [0.05, 0.1) is 47.1 Å². The van der Waals surface area contributed by atoms with Crippen LogP contribution in [0.15, 0.2) is 155 Å². The highest BCUT2D eigenvalue weighted by Gasteiger charge is 2.30. The van der Waals surface area contributed by atoms with Crippen molar-refractivity contribution in [1.82, 2.24) is 5.32 Å². The van der Waals surface area contributed by atoms with Gasteiger partial charge in [-0.1, -0.05) is 64.8 Å². The smallest absolute Gasteiger partial charge is 0.353 e. The van der Waals surface area contributed by atoms with Gasteiger partial charge in [-0.25, -0.2) is 71.9 Å². The SMILES string of the molecule is C=C(C)C(=O)NC(O)C(=O)O.C=C(C)C(=O)O.C=CC(=O)O.C=CC(=O)OCCC(=O)O.C=CC(=O)OCCOC(=O)/C=C/C(=O)O.C=CC(=O)OCCOC(=O)CCC(=O)O.C=CC(=O)OCCOC(=O)c1ccc2c(c1)C(=O)OC2=O.C=CC(=O)OCCOC(=O)c1ccccc1C(=O)O. The third-order valence-electron chi connectivity index (χ3n) is 9.27. The summed E-state index contributed by atoms with van der Waals surface area (Å²) in [6.07, 6.45) is 4.69. The van der Waals surface area contributed by atoms with Gasteiger partial charge in [0, 0.05) is 59.8 Å². The first-order chi connectivity index (χ1) is 47.7. The third kappa shape index (κ3) is 55.5. The monoisotopic (exact) mass is 1450 g/mol. The van der Waals surface area contributed by atoms with Crippen LogP contribution in [0.1, 0.15) is 84.9 Å². The van der Waals surface area contributed by atoms with E-state index in [2.05, 4.69) is 90.5 Å². The van der Waals surface area contributed by atoms with E-state index in [9.17, 15) is 91.1 Å². The van der Waals surface area contributed by atoms with Gasteiger partial charge >= 0.3 is 107 Å². The van der Waals surface area contributed by atoms with E-state index in [-0.39, 0.29) is 118 Å². The summed E-state index contributed by atoms with van der Waals surface area (Å²) in [6.45, 7) is 27.1. The predicted molar refractivity (Wildman–Crippen MR) is 341 cm³/mol. The van der Waals surface area contributed by atoms with E-state index in [4.69, 9.17) is 50.3 Å². The Morgan fingerprint density at radius 1 is 0.441 bits per heavy atom. The number of cyclic esters (lactones) is 2. The molecule has 0 bridgehead atoms. The third-order valence-corrected chi connectivity index (χ3v) is 9.27. The van der Waals surface area contributed by atoms with Crippen LogP contribution in [0.2, 0.25) is 0 Å². The molecule has 1 amide bonds. The number of rotatable bonds is 33. The molecule has 554 valence electrons. The maximum atomic E-state index is 11.7. The van der Waals surface area contributed by atoms with Crippen LogP contribution < -0.4 is 5.32 Å². The zero-order valence-electron chi connectivity index (χ0n) is 54.3. The second kappa shape index (κ2) is 58.5. The van der Waals surface area contributed by atoms with Crippen molar-refractivity contribution in [3.05, 3.63) is 183 Å². The largest absolute Gasteiger partial charge is 0.481 e. The van der Waals surface area contributed by atoms with Gasteiger partial charge < -0.3 is 93.5 Å². The number of carboxylic acids is 7. The van der Waals surface area contributed by atoms with Gasteiger partial charge in [0.25, 0.3) is 0 Å². The van der Waals surface area contributed by atoms with Crippen molar-refractivity contribution in [2.45, 2.75) is 39.3 Å². The molecule has 0 radical (unpaired) electrons. The molecule has 0 saturated heterocycles. The second-order valence-electron chi connectivity index (χ2n) is 17.1. The first kappa shape index (κ1) is 96.9. The number of aromatic carboxylic acids is 1. The highest BCUT2D eigenvalue weighted by atomic mass is 16.6. The highest BCUT2D eigenvalue weighted by molar-refractivity contribution is 6.15. The molecule has 0 aliphatic carbocycles. The molecule has 1 atom stereocenters. The van der Waals surface area contributed by atoms with Crippen LogP contribution in [0.4, 0.5) is 0 Å². The van der Waals surface area contributed by atoms with Crippen LogP contribution in [-0.2, 0) is 114 Å². The van der Waals surface area contributed by atoms with Gasteiger partial charge in [-0.2, -0.15) is 0 Å². The number of carbonyl (C=O) groups is 19. The Hall–Kier alpha value is -13.8. The minimum Gasteiger partial charge on any atom is -0.481 e. The Morgan fingerprint density at radius 3 is 1.18 bits per heavy atom. The van der Waals surface area contributed by atoms with Crippen molar-refractivity contribution < 1.29 is 179 Å². The number of amides is 1. The summed E-state index contributed by atoms with van der Waals surface area (Å²) in [5, 5.41) is 67.4. The molecule has 2 aromatic rings. The predicted octanol–water partition coefficient (Wildman–Crippen LogP) is 2.35. The zero-order valence-corrected chi connectivity index (χ0v) is 54.3. The first-order valence-corrected chi connectivity index (χ1v) is 27.5. The van der Waals surface area contributed by atoms with Gasteiger partial charge in [-0.3, -0.25) is 19.2 Å². The molecule has 1 unspecified atom stereocenters. The number of ether oxygens (including phenoxy) is 10. The number of hydrogen-bond acceptors (Lipinski definition) is 30. The number of aliphatic carboxylic acids is 6. The summed E-state index contributed by atoms with van der Waals surface area (Å²) in [5.41, 5.74) is 0.348. The molecule has 0 saturated carbocycles. The lowest BCUT2D eigenvalue weighted by Crippen LogP contribution is -2.40. The van der Waals surface area contributed by atoms with E-state index in [0.29, 0.717) is 6.08 Å². The van der Waals surface area contributed by atoms with Crippen LogP contribution in [-0.4, -0.2) is 220 Å². The van der Waals surface area contributed by atoms with Gasteiger partial charge in [-0.15, -0.1) is 0 Å². The van der Waals surface area contributed by atoms with Crippen LogP contribution in [0.25, 0.3) is 0 Å². The Morgan fingerprint density at radius 2 is 0.814 bits per heavy atom. The average Bonchev–Trinajstić information content (AvgIpc) is 1.65. The van der Waals surface area contributed by atoms with Crippen molar-refractivity contribution >= 4 is 113 Å². The molecule has 9 N–H and O–H groups in total. The Kier molecular flexibility index (Phi) is 55.6. The Balaban J connectivity index is -0.000000363. The molecule has 0 aromatic heterocycles. The molecule has 1 aliphatic rings. The molecule has 102 heavy (non-hydrogen) atoms. The van der Waals surface area contributed by atoms with Crippen molar-refractivity contribution in [1.29, 1.82) is 0 Å². The summed E-state index contributed by atoms with van der Waals surface area (Å²) in [7, 11) is 0. The second-order valence-corrected chi connectivity index (χ2v) is 17.1. The van der Waals surface area contributed by atoms with Crippen molar-refractivity contribution in [3.63, 3.8) is 0 Å². The standard InChI is InChI=1S/C14H10O7.C13H12O6.C9H12O6.C9H10O6.C6H9NO4.C6H8O4.C4H6O2.C3H4O2/c1-2-11(15)19-5-6-20-12(16)8-3-4-9-10(7-8)14(18)21-13(9)17;1-2-11(14)18-7-8-19-13(17)10-6-4-3-5-9(10)12(15)16;2*1-2-8(12)14-5-6-15-9(13)4-3-7(10)11;1-3(2)4(8)7-5(9)6(10)11;1-2-6(9)10-4-3-5(7)8;1-3(2)4(5)6;1-2-3(4)5/h2-4,7H,1,5-6H2;2-6H,1,7-8H2,(H,15,16);2H,1,3-6H2,(H,10,11);2-4H,1,5-6H2,(H,10,11);5,9H,1H2,2H3,(H,7,8)(H,10,11);2H,1,3-4H2,(H,7,8);1H2,2H3,(H,5,6);2H,1H2,(H,4,5)/b;;;4-3+;;;;. The van der Waals surface area contributed by atoms with Gasteiger partial charge in [0.15, 0.2) is 0 Å². The van der Waals surface area contributed by atoms with E-state index in [1.165, 1.54) is 56.3 Å². The summed E-state index contributed by atoms with van der Waals surface area (Å²) in [4.78, 5) is 200. The van der Waals surface area contributed by atoms with Crippen molar-refractivity contribution in [2.24, 2.45) is 0 Å². The summed E-state index contributed by atoms with van der Waals surface area (Å²) >= 11 is 0. The minimum absolute atomic E-state index is 0.0209. The maximum Gasteiger partial charge on any atom is 0.353 e. The fourth-order valence-corrected chi connectivity index (χ4v) is 4.67. The summed E-state index contributed by atoms with van der Waals surface area (Å²) < 4.78 is 45.7. The molecular formula is C64H71NO37. The van der Waals surface area contributed by atoms with E-state index < -0.39 is 120 Å². The Bertz CT molecular complexity index is 3410. The lowest BCUT2D eigenvalue weighted by molar-refractivity contribution is -0.151. The van der Waals surface area contributed by atoms with Crippen molar-refractivity contribution in [2.75, 3.05) is 59.5 Å². The Labute approximate surface area is 577 Å². The number of nitrogens with one attached hydrogen (secondary N) is 1.